The van der Waals surface area contributed by atoms with Crippen LogP contribution in [0.5, 0.6) is 0 Å². The molecule has 0 aliphatic carbocycles. The molecule has 16 heavy (non-hydrogen) atoms. The molecule has 0 spiro atoms. The maximum atomic E-state index is 11.8. The second-order valence-electron chi connectivity index (χ2n) is 3.88. The quantitative estimate of drug-likeness (QED) is 0.867. The standard InChI is InChI=1S/C12H16N2O.ClH/c1-13-11-7-8-14(12(11)15)9-10-5-3-2-4-6-10;/h2-6,11,13H,7-9H2,1H3;1H. The van der Waals surface area contributed by atoms with Gasteiger partial charge in [0.2, 0.25) is 5.91 Å². The van der Waals surface area contributed by atoms with Gasteiger partial charge >= 0.3 is 0 Å². The van der Waals surface area contributed by atoms with Crippen LogP contribution >= 0.6 is 12.4 Å². The zero-order valence-electron chi connectivity index (χ0n) is 9.35. The molecule has 0 aromatic heterocycles. The molecule has 1 amide bonds. The number of nitrogens with zero attached hydrogens (tertiary/aromatic N) is 1. The van der Waals surface area contributed by atoms with E-state index in [4.69, 9.17) is 0 Å². The molecule has 1 aliphatic heterocycles. The first-order valence-corrected chi connectivity index (χ1v) is 5.31. The largest absolute Gasteiger partial charge is 0.337 e. The minimum absolute atomic E-state index is 0. The average Bonchev–Trinajstić information content (AvgIpc) is 2.62. The van der Waals surface area contributed by atoms with Crippen molar-refractivity contribution in [2.24, 2.45) is 0 Å². The van der Waals surface area contributed by atoms with Crippen molar-refractivity contribution >= 4 is 18.3 Å². The van der Waals surface area contributed by atoms with Crippen molar-refractivity contribution in [3.8, 4) is 0 Å². The smallest absolute Gasteiger partial charge is 0.240 e. The highest BCUT2D eigenvalue weighted by Crippen LogP contribution is 2.14. The van der Waals surface area contributed by atoms with Gasteiger partial charge in [-0.25, -0.2) is 0 Å². The lowest BCUT2D eigenvalue weighted by atomic mass is 10.2. The molecule has 1 unspecified atom stereocenters. The van der Waals surface area contributed by atoms with Crippen molar-refractivity contribution in [2.45, 2.75) is 19.0 Å². The monoisotopic (exact) mass is 240 g/mol. The molecule has 1 aliphatic rings. The topological polar surface area (TPSA) is 32.3 Å². The zero-order valence-corrected chi connectivity index (χ0v) is 10.2. The Kier molecular flexibility index (Phi) is 4.77. The molecule has 1 aromatic carbocycles. The van der Waals surface area contributed by atoms with E-state index in [1.807, 2.05) is 30.1 Å². The number of likely N-dealkylation sites (N-methyl/N-ethyl adjacent to an activating group) is 1. The van der Waals surface area contributed by atoms with Crippen LogP contribution in [0.4, 0.5) is 0 Å². The van der Waals surface area contributed by atoms with Crippen molar-refractivity contribution in [1.82, 2.24) is 10.2 Å². The second kappa shape index (κ2) is 5.87. The number of halogens is 1. The number of likely N-dealkylation sites (tertiary alicyclic amines) is 1. The number of carbonyl (C=O) groups is 1. The third-order valence-corrected chi connectivity index (χ3v) is 2.86. The van der Waals surface area contributed by atoms with Crippen molar-refractivity contribution in [3.63, 3.8) is 0 Å². The maximum Gasteiger partial charge on any atom is 0.240 e. The summed E-state index contributed by atoms with van der Waals surface area (Å²) in [5.74, 6) is 0.223. The lowest BCUT2D eigenvalue weighted by Gasteiger charge is -2.16. The van der Waals surface area contributed by atoms with E-state index in [1.54, 1.807) is 0 Å². The lowest BCUT2D eigenvalue weighted by molar-refractivity contribution is -0.129. The molecule has 0 saturated carbocycles. The van der Waals surface area contributed by atoms with Crippen LogP contribution in [0.15, 0.2) is 30.3 Å². The summed E-state index contributed by atoms with van der Waals surface area (Å²) >= 11 is 0. The molecule has 3 nitrogen and oxygen atoms in total. The highest BCUT2D eigenvalue weighted by Gasteiger charge is 2.29. The molecule has 1 heterocycles. The van der Waals surface area contributed by atoms with Gasteiger partial charge in [-0.3, -0.25) is 4.79 Å². The van der Waals surface area contributed by atoms with Gasteiger partial charge in [0, 0.05) is 13.1 Å². The molecular formula is C12H17ClN2O. The van der Waals surface area contributed by atoms with Gasteiger partial charge in [0.05, 0.1) is 6.04 Å². The van der Waals surface area contributed by atoms with E-state index in [0.29, 0.717) is 0 Å². The van der Waals surface area contributed by atoms with Crippen molar-refractivity contribution < 1.29 is 4.79 Å². The van der Waals surface area contributed by atoms with Gasteiger partial charge in [-0.05, 0) is 19.0 Å². The van der Waals surface area contributed by atoms with Crippen molar-refractivity contribution in [3.05, 3.63) is 35.9 Å². The Hall–Kier alpha value is -1.06. The number of hydrogen-bond acceptors (Lipinski definition) is 2. The number of hydrogen-bond donors (Lipinski definition) is 1. The van der Waals surface area contributed by atoms with E-state index < -0.39 is 0 Å². The molecule has 4 heteroatoms. The van der Waals surface area contributed by atoms with Crippen LogP contribution in [0.2, 0.25) is 0 Å². The summed E-state index contributed by atoms with van der Waals surface area (Å²) in [6, 6.07) is 10.1. The van der Waals surface area contributed by atoms with E-state index in [2.05, 4.69) is 17.4 Å². The highest BCUT2D eigenvalue weighted by atomic mass is 35.5. The molecule has 0 bridgehead atoms. The zero-order chi connectivity index (χ0) is 10.7. The first kappa shape index (κ1) is 13.0. The normalized spacial score (nSPS) is 19.7. The van der Waals surface area contributed by atoms with E-state index in [9.17, 15) is 4.79 Å². The van der Waals surface area contributed by atoms with Crippen LogP contribution in [-0.4, -0.2) is 30.4 Å². The van der Waals surface area contributed by atoms with Crippen LogP contribution in [0.3, 0.4) is 0 Å². The fraction of sp³-hybridized carbons (Fsp3) is 0.417. The molecule has 1 atom stereocenters. The third-order valence-electron chi connectivity index (χ3n) is 2.86. The van der Waals surface area contributed by atoms with Gasteiger partial charge in [0.25, 0.3) is 0 Å². The van der Waals surface area contributed by atoms with Gasteiger partial charge in [-0.1, -0.05) is 30.3 Å². The van der Waals surface area contributed by atoms with E-state index >= 15 is 0 Å². The van der Waals surface area contributed by atoms with Gasteiger partial charge in [-0.15, -0.1) is 12.4 Å². The average molecular weight is 241 g/mol. The molecule has 0 radical (unpaired) electrons. The second-order valence-corrected chi connectivity index (χ2v) is 3.88. The van der Waals surface area contributed by atoms with Gasteiger partial charge in [0.15, 0.2) is 0 Å². The molecular weight excluding hydrogens is 224 g/mol. The Balaban J connectivity index is 0.00000128. The Labute approximate surface area is 102 Å². The van der Waals surface area contributed by atoms with E-state index in [-0.39, 0.29) is 24.4 Å². The Morgan fingerprint density at radius 1 is 1.38 bits per heavy atom. The van der Waals surface area contributed by atoms with Gasteiger partial charge < -0.3 is 10.2 Å². The molecule has 88 valence electrons. The Bertz CT molecular complexity index is 342. The van der Waals surface area contributed by atoms with Crippen LogP contribution in [0.25, 0.3) is 0 Å². The fourth-order valence-corrected chi connectivity index (χ4v) is 1.97. The van der Waals surface area contributed by atoms with Crippen LogP contribution in [-0.2, 0) is 11.3 Å². The molecule has 2 rings (SSSR count). The van der Waals surface area contributed by atoms with E-state index in [0.717, 1.165) is 19.5 Å². The van der Waals surface area contributed by atoms with Crippen molar-refractivity contribution in [2.75, 3.05) is 13.6 Å². The summed E-state index contributed by atoms with van der Waals surface area (Å²) in [6.07, 6.45) is 0.919. The lowest BCUT2D eigenvalue weighted by Crippen LogP contribution is -2.35. The molecule has 1 saturated heterocycles. The van der Waals surface area contributed by atoms with E-state index in [1.165, 1.54) is 5.56 Å². The summed E-state index contributed by atoms with van der Waals surface area (Å²) in [5, 5.41) is 3.04. The predicted octanol–water partition coefficient (Wildman–Crippen LogP) is 1.43. The first-order valence-electron chi connectivity index (χ1n) is 5.31. The molecule has 1 aromatic rings. The summed E-state index contributed by atoms with van der Waals surface area (Å²) in [4.78, 5) is 13.7. The maximum absolute atomic E-state index is 11.8. The Morgan fingerprint density at radius 3 is 2.62 bits per heavy atom. The van der Waals surface area contributed by atoms with Crippen LogP contribution in [0.1, 0.15) is 12.0 Å². The minimum Gasteiger partial charge on any atom is -0.337 e. The number of benzene rings is 1. The highest BCUT2D eigenvalue weighted by molar-refractivity contribution is 5.85. The minimum atomic E-state index is 0. The number of carbonyl (C=O) groups excluding carboxylic acids is 1. The summed E-state index contributed by atoms with van der Waals surface area (Å²) in [7, 11) is 1.84. The molecule has 1 N–H and O–H groups in total. The van der Waals surface area contributed by atoms with Crippen LogP contribution < -0.4 is 5.32 Å². The SMILES string of the molecule is CNC1CCN(Cc2ccccc2)C1=O.Cl. The van der Waals surface area contributed by atoms with Crippen molar-refractivity contribution in [1.29, 1.82) is 0 Å². The first-order chi connectivity index (χ1) is 7.31. The predicted molar refractivity (Wildman–Crippen MR) is 66.6 cm³/mol. The summed E-state index contributed by atoms with van der Waals surface area (Å²) in [6.45, 7) is 1.59. The fourth-order valence-electron chi connectivity index (χ4n) is 1.97. The summed E-state index contributed by atoms with van der Waals surface area (Å²) in [5.41, 5.74) is 1.20. The van der Waals surface area contributed by atoms with Gasteiger partial charge in [0.1, 0.15) is 0 Å². The number of amides is 1. The summed E-state index contributed by atoms with van der Waals surface area (Å²) < 4.78 is 0. The third kappa shape index (κ3) is 2.74. The Morgan fingerprint density at radius 2 is 2.06 bits per heavy atom. The number of nitrogens with one attached hydrogen (secondary N) is 1. The molecule has 1 fully saturated rings. The van der Waals surface area contributed by atoms with Crippen LogP contribution in [0, 0.1) is 0 Å². The number of rotatable bonds is 3. The van der Waals surface area contributed by atoms with Gasteiger partial charge in [-0.2, -0.15) is 0 Å².